The lowest BCUT2D eigenvalue weighted by atomic mass is 9.90. The number of aliphatic hydroxyl groups excluding tert-OH is 1. The Kier molecular flexibility index (Phi) is 4.54. The summed E-state index contributed by atoms with van der Waals surface area (Å²) in [6, 6.07) is 6.61. The summed E-state index contributed by atoms with van der Waals surface area (Å²) in [4.78, 5) is 0. The van der Waals surface area contributed by atoms with Crippen LogP contribution in [-0.2, 0) is 19.4 Å². The molecule has 0 amide bonds. The molecule has 0 radical (unpaired) electrons. The Labute approximate surface area is 103 Å². The van der Waals surface area contributed by atoms with Gasteiger partial charge in [0.25, 0.3) is 0 Å². The zero-order valence-corrected chi connectivity index (χ0v) is 10.3. The predicted molar refractivity (Wildman–Crippen MR) is 69.9 cm³/mol. The lowest BCUT2D eigenvalue weighted by molar-refractivity contribution is 0.262. The number of nitrogens with one attached hydrogen (secondary N) is 1. The first-order valence-electron chi connectivity index (χ1n) is 6.47. The fraction of sp³-hybridized carbons (Fsp3) is 0.571. The van der Waals surface area contributed by atoms with E-state index in [1.807, 2.05) is 0 Å². The number of aryl methyl sites for hydroxylation is 2. The van der Waals surface area contributed by atoms with E-state index in [0.29, 0.717) is 6.54 Å². The van der Waals surface area contributed by atoms with Gasteiger partial charge in [-0.2, -0.15) is 0 Å². The highest BCUT2D eigenvalue weighted by Crippen LogP contribution is 2.22. The van der Waals surface area contributed by atoms with E-state index in [0.717, 1.165) is 6.54 Å². The van der Waals surface area contributed by atoms with E-state index in [-0.39, 0.29) is 12.6 Å². The van der Waals surface area contributed by atoms with Crippen LogP contribution >= 0.6 is 0 Å². The van der Waals surface area contributed by atoms with Crippen LogP contribution in [0.1, 0.15) is 29.5 Å². The minimum atomic E-state index is -0.160. The maximum absolute atomic E-state index is 8.83. The first-order valence-corrected chi connectivity index (χ1v) is 6.47. The third-order valence-corrected chi connectivity index (χ3v) is 3.38. The van der Waals surface area contributed by atoms with Crippen LogP contribution < -0.4 is 11.1 Å². The lowest BCUT2D eigenvalue weighted by Crippen LogP contribution is -2.36. The largest absolute Gasteiger partial charge is 0.395 e. The molecule has 0 spiro atoms. The fourth-order valence-electron chi connectivity index (χ4n) is 2.36. The van der Waals surface area contributed by atoms with Gasteiger partial charge in [-0.15, -0.1) is 0 Å². The van der Waals surface area contributed by atoms with E-state index >= 15 is 0 Å². The predicted octanol–water partition coefficient (Wildman–Crippen LogP) is 0.975. The fourth-order valence-corrected chi connectivity index (χ4v) is 2.36. The van der Waals surface area contributed by atoms with Gasteiger partial charge in [0.05, 0.1) is 6.61 Å². The van der Waals surface area contributed by atoms with Crippen molar-refractivity contribution in [3.05, 3.63) is 34.9 Å². The molecule has 1 aliphatic carbocycles. The molecule has 1 atom stereocenters. The van der Waals surface area contributed by atoms with Gasteiger partial charge in [0.2, 0.25) is 0 Å². The summed E-state index contributed by atoms with van der Waals surface area (Å²) >= 11 is 0. The molecule has 2 rings (SSSR count). The van der Waals surface area contributed by atoms with Crippen molar-refractivity contribution in [3.63, 3.8) is 0 Å². The van der Waals surface area contributed by atoms with E-state index in [1.165, 1.54) is 42.4 Å². The third kappa shape index (κ3) is 3.53. The van der Waals surface area contributed by atoms with Gasteiger partial charge in [0.1, 0.15) is 0 Å². The highest BCUT2D eigenvalue weighted by molar-refractivity contribution is 5.33. The van der Waals surface area contributed by atoms with Crippen molar-refractivity contribution in [2.75, 3.05) is 13.2 Å². The SMILES string of the molecule is NC(CO)CNCc1ccc2c(c1)CCCC2. The van der Waals surface area contributed by atoms with Crippen LogP contribution in [0.2, 0.25) is 0 Å². The molecule has 0 aliphatic heterocycles. The zero-order valence-electron chi connectivity index (χ0n) is 10.3. The van der Waals surface area contributed by atoms with Crippen molar-refractivity contribution >= 4 is 0 Å². The number of hydrogen-bond donors (Lipinski definition) is 3. The molecule has 4 N–H and O–H groups in total. The van der Waals surface area contributed by atoms with Crippen molar-refractivity contribution in [1.29, 1.82) is 0 Å². The van der Waals surface area contributed by atoms with Gasteiger partial charge in [-0.3, -0.25) is 0 Å². The standard InChI is InChI=1S/C14H22N2O/c15-14(10-17)9-16-8-11-5-6-12-3-1-2-4-13(12)7-11/h5-7,14,16-17H,1-4,8-10,15H2. The summed E-state index contributed by atoms with van der Waals surface area (Å²) in [5, 5.41) is 12.1. The molecule has 94 valence electrons. The zero-order chi connectivity index (χ0) is 12.1. The Bertz CT molecular complexity index is 365. The Morgan fingerprint density at radius 1 is 1.24 bits per heavy atom. The van der Waals surface area contributed by atoms with E-state index < -0.39 is 0 Å². The van der Waals surface area contributed by atoms with Gasteiger partial charge in [0, 0.05) is 19.1 Å². The van der Waals surface area contributed by atoms with Crippen molar-refractivity contribution in [2.45, 2.75) is 38.3 Å². The molecule has 1 aliphatic rings. The molecule has 3 heteroatoms. The van der Waals surface area contributed by atoms with E-state index in [4.69, 9.17) is 10.8 Å². The molecule has 1 aromatic rings. The minimum absolute atomic E-state index is 0.0389. The van der Waals surface area contributed by atoms with E-state index in [9.17, 15) is 0 Å². The second kappa shape index (κ2) is 6.15. The molecule has 1 aromatic carbocycles. The first-order chi connectivity index (χ1) is 8.29. The number of aliphatic hydroxyl groups is 1. The summed E-state index contributed by atoms with van der Waals surface area (Å²) in [6.07, 6.45) is 5.10. The molecular formula is C14H22N2O. The summed E-state index contributed by atoms with van der Waals surface area (Å²) in [5.41, 5.74) is 9.99. The van der Waals surface area contributed by atoms with Crippen molar-refractivity contribution in [2.24, 2.45) is 5.73 Å². The summed E-state index contributed by atoms with van der Waals surface area (Å²) in [5.74, 6) is 0. The Morgan fingerprint density at radius 2 is 2.00 bits per heavy atom. The van der Waals surface area contributed by atoms with Crippen molar-refractivity contribution < 1.29 is 5.11 Å². The van der Waals surface area contributed by atoms with Crippen LogP contribution in [0.4, 0.5) is 0 Å². The van der Waals surface area contributed by atoms with Crippen LogP contribution in [-0.4, -0.2) is 24.3 Å². The number of fused-ring (bicyclic) bond motifs is 1. The van der Waals surface area contributed by atoms with E-state index in [1.54, 1.807) is 0 Å². The molecule has 0 aromatic heterocycles. The van der Waals surface area contributed by atoms with Gasteiger partial charge in [-0.05, 0) is 42.4 Å². The van der Waals surface area contributed by atoms with Crippen LogP contribution in [0.15, 0.2) is 18.2 Å². The molecule has 0 fully saturated rings. The van der Waals surface area contributed by atoms with Gasteiger partial charge >= 0.3 is 0 Å². The minimum Gasteiger partial charge on any atom is -0.395 e. The highest BCUT2D eigenvalue weighted by atomic mass is 16.3. The molecule has 3 nitrogen and oxygen atoms in total. The third-order valence-electron chi connectivity index (χ3n) is 3.38. The maximum atomic E-state index is 8.83. The van der Waals surface area contributed by atoms with Gasteiger partial charge in [-0.1, -0.05) is 18.2 Å². The second-order valence-corrected chi connectivity index (χ2v) is 4.88. The Balaban J connectivity index is 1.89. The van der Waals surface area contributed by atoms with Crippen LogP contribution in [0.3, 0.4) is 0 Å². The average Bonchev–Trinajstić information content (AvgIpc) is 2.38. The molecule has 0 heterocycles. The monoisotopic (exact) mass is 234 g/mol. The van der Waals surface area contributed by atoms with Crippen molar-refractivity contribution in [3.8, 4) is 0 Å². The molecule has 17 heavy (non-hydrogen) atoms. The number of hydrogen-bond acceptors (Lipinski definition) is 3. The first kappa shape index (κ1) is 12.6. The molecule has 0 saturated heterocycles. The summed E-state index contributed by atoms with van der Waals surface area (Å²) in [7, 11) is 0. The number of benzene rings is 1. The average molecular weight is 234 g/mol. The lowest BCUT2D eigenvalue weighted by Gasteiger charge is -2.17. The Hall–Kier alpha value is -0.900. The number of rotatable bonds is 5. The van der Waals surface area contributed by atoms with Gasteiger partial charge in [-0.25, -0.2) is 0 Å². The normalized spacial score (nSPS) is 16.6. The van der Waals surface area contributed by atoms with Crippen molar-refractivity contribution in [1.82, 2.24) is 5.32 Å². The smallest absolute Gasteiger partial charge is 0.0594 e. The topological polar surface area (TPSA) is 58.3 Å². The van der Waals surface area contributed by atoms with Crippen LogP contribution in [0.25, 0.3) is 0 Å². The highest BCUT2D eigenvalue weighted by Gasteiger charge is 2.09. The summed E-state index contributed by atoms with van der Waals surface area (Å²) in [6.45, 7) is 1.53. The van der Waals surface area contributed by atoms with Crippen LogP contribution in [0.5, 0.6) is 0 Å². The maximum Gasteiger partial charge on any atom is 0.0594 e. The van der Waals surface area contributed by atoms with Gasteiger partial charge in [0.15, 0.2) is 0 Å². The molecule has 1 unspecified atom stereocenters. The van der Waals surface area contributed by atoms with E-state index in [2.05, 4.69) is 23.5 Å². The van der Waals surface area contributed by atoms with Crippen LogP contribution in [0, 0.1) is 0 Å². The molecule has 0 bridgehead atoms. The number of nitrogens with two attached hydrogens (primary N) is 1. The van der Waals surface area contributed by atoms with Gasteiger partial charge < -0.3 is 16.2 Å². The summed E-state index contributed by atoms with van der Waals surface area (Å²) < 4.78 is 0. The second-order valence-electron chi connectivity index (χ2n) is 4.88. The Morgan fingerprint density at radius 3 is 2.76 bits per heavy atom. The molecular weight excluding hydrogens is 212 g/mol. The quantitative estimate of drug-likeness (QED) is 0.711. The molecule has 0 saturated carbocycles.